The molecule has 1 aliphatic carbocycles. The number of hydrogen-bond acceptors (Lipinski definition) is 5. The lowest BCUT2D eigenvalue weighted by Crippen LogP contribution is -2.32. The highest BCUT2D eigenvalue weighted by Crippen LogP contribution is 2.29. The molecule has 0 saturated heterocycles. The van der Waals surface area contributed by atoms with Crippen LogP contribution in [0.25, 0.3) is 0 Å². The normalized spacial score (nSPS) is 16.6. The predicted octanol–water partition coefficient (Wildman–Crippen LogP) is 2.21. The Kier molecular flexibility index (Phi) is 5.17. The predicted molar refractivity (Wildman–Crippen MR) is 96.3 cm³/mol. The van der Waals surface area contributed by atoms with Crippen LogP contribution in [0.3, 0.4) is 0 Å². The maximum absolute atomic E-state index is 12.4. The van der Waals surface area contributed by atoms with Gasteiger partial charge >= 0.3 is 0 Å². The third kappa shape index (κ3) is 4.07. The molecule has 0 fully saturated rings. The average Bonchev–Trinajstić information content (AvgIpc) is 3.15. The van der Waals surface area contributed by atoms with E-state index in [1.54, 1.807) is 0 Å². The third-order valence-electron chi connectivity index (χ3n) is 4.36. The van der Waals surface area contributed by atoms with E-state index in [4.69, 9.17) is 0 Å². The second kappa shape index (κ2) is 7.35. The Balaban J connectivity index is 1.59. The summed E-state index contributed by atoms with van der Waals surface area (Å²) >= 11 is 1.34. The van der Waals surface area contributed by atoms with Crippen LogP contribution in [0.2, 0.25) is 0 Å². The van der Waals surface area contributed by atoms with Crippen LogP contribution in [0.5, 0.6) is 0 Å². The zero-order chi connectivity index (χ0) is 18.0. The minimum atomic E-state index is -0.101. The van der Waals surface area contributed by atoms with Crippen LogP contribution in [0, 0.1) is 5.92 Å². The summed E-state index contributed by atoms with van der Waals surface area (Å²) < 4.78 is 1.89. The molecule has 134 valence electrons. The molecule has 2 heterocycles. The standard InChI is InChI=1S/C17H23N5O2S/c1-10(2)16(24)21-17-19-11(9-25-17)7-15(23)20-13-5-4-6-14-12(13)8-18-22(14)3/h8-10,13H,4-7H2,1-3H3,(H,20,23)(H,19,21,24). The fourth-order valence-electron chi connectivity index (χ4n) is 2.96. The quantitative estimate of drug-likeness (QED) is 0.854. The van der Waals surface area contributed by atoms with Crippen molar-refractivity contribution in [2.45, 2.75) is 45.6 Å². The monoisotopic (exact) mass is 361 g/mol. The summed E-state index contributed by atoms with van der Waals surface area (Å²) in [4.78, 5) is 28.4. The first-order valence-corrected chi connectivity index (χ1v) is 9.37. The number of rotatable bonds is 5. The lowest BCUT2D eigenvalue weighted by Gasteiger charge is -2.23. The number of carbonyl (C=O) groups is 2. The van der Waals surface area contributed by atoms with E-state index in [1.165, 1.54) is 17.0 Å². The second-order valence-electron chi connectivity index (χ2n) is 6.65. The van der Waals surface area contributed by atoms with Crippen molar-refractivity contribution in [1.29, 1.82) is 0 Å². The van der Waals surface area contributed by atoms with Gasteiger partial charge in [-0.2, -0.15) is 5.10 Å². The van der Waals surface area contributed by atoms with E-state index in [0.717, 1.165) is 24.8 Å². The van der Waals surface area contributed by atoms with E-state index in [0.29, 0.717) is 10.8 Å². The molecular formula is C17H23N5O2S. The Morgan fingerprint density at radius 3 is 3.00 bits per heavy atom. The van der Waals surface area contributed by atoms with Gasteiger partial charge in [0.05, 0.1) is 24.4 Å². The molecule has 2 aromatic rings. The van der Waals surface area contributed by atoms with E-state index >= 15 is 0 Å². The molecule has 7 nitrogen and oxygen atoms in total. The lowest BCUT2D eigenvalue weighted by atomic mass is 9.93. The molecule has 0 aliphatic heterocycles. The number of thiazole rings is 1. The molecular weight excluding hydrogens is 338 g/mol. The molecule has 0 saturated carbocycles. The smallest absolute Gasteiger partial charge is 0.228 e. The van der Waals surface area contributed by atoms with Gasteiger partial charge in [0.25, 0.3) is 0 Å². The van der Waals surface area contributed by atoms with Crippen molar-refractivity contribution in [3.05, 3.63) is 28.5 Å². The van der Waals surface area contributed by atoms with Crippen molar-refractivity contribution in [2.24, 2.45) is 13.0 Å². The number of hydrogen-bond donors (Lipinski definition) is 2. The van der Waals surface area contributed by atoms with Crippen molar-refractivity contribution >= 4 is 28.3 Å². The number of nitrogens with zero attached hydrogens (tertiary/aromatic N) is 3. The number of anilines is 1. The Morgan fingerprint density at radius 2 is 2.24 bits per heavy atom. The maximum Gasteiger partial charge on any atom is 0.228 e. The SMILES string of the molecule is CC(C)C(=O)Nc1nc(CC(=O)NC2CCCc3c2cnn3C)cs1. The van der Waals surface area contributed by atoms with Gasteiger partial charge in [-0.05, 0) is 19.3 Å². The zero-order valence-electron chi connectivity index (χ0n) is 14.7. The largest absolute Gasteiger partial charge is 0.349 e. The van der Waals surface area contributed by atoms with Gasteiger partial charge in [0.15, 0.2) is 5.13 Å². The minimum Gasteiger partial charge on any atom is -0.349 e. The van der Waals surface area contributed by atoms with E-state index in [1.807, 2.05) is 37.2 Å². The fraction of sp³-hybridized carbons (Fsp3) is 0.529. The molecule has 2 amide bonds. The number of aromatic nitrogens is 3. The summed E-state index contributed by atoms with van der Waals surface area (Å²) in [6.45, 7) is 3.66. The van der Waals surface area contributed by atoms with Crippen molar-refractivity contribution < 1.29 is 9.59 Å². The summed E-state index contributed by atoms with van der Waals surface area (Å²) in [6.07, 6.45) is 5.03. The minimum absolute atomic E-state index is 0.0173. The Hall–Kier alpha value is -2.22. The summed E-state index contributed by atoms with van der Waals surface area (Å²) in [7, 11) is 1.94. The number of nitrogens with one attached hydrogen (secondary N) is 2. The summed E-state index contributed by atoms with van der Waals surface area (Å²) in [6, 6.07) is 0.0173. The van der Waals surface area contributed by atoms with Crippen LogP contribution in [-0.4, -0.2) is 26.6 Å². The molecule has 0 spiro atoms. The molecule has 8 heteroatoms. The van der Waals surface area contributed by atoms with Crippen LogP contribution in [0.1, 0.15) is 49.7 Å². The molecule has 2 N–H and O–H groups in total. The highest BCUT2D eigenvalue weighted by molar-refractivity contribution is 7.13. The third-order valence-corrected chi connectivity index (χ3v) is 5.17. The van der Waals surface area contributed by atoms with Crippen molar-refractivity contribution in [2.75, 3.05) is 5.32 Å². The first-order valence-electron chi connectivity index (χ1n) is 8.49. The summed E-state index contributed by atoms with van der Waals surface area (Å²) in [5, 5.41) is 12.5. The van der Waals surface area contributed by atoms with Crippen LogP contribution in [0.15, 0.2) is 11.6 Å². The van der Waals surface area contributed by atoms with Crippen molar-refractivity contribution in [1.82, 2.24) is 20.1 Å². The Morgan fingerprint density at radius 1 is 1.44 bits per heavy atom. The van der Waals surface area contributed by atoms with Crippen LogP contribution in [0.4, 0.5) is 5.13 Å². The van der Waals surface area contributed by atoms with Gasteiger partial charge in [-0.3, -0.25) is 14.3 Å². The molecule has 0 radical (unpaired) electrons. The first kappa shape index (κ1) is 17.6. The Bertz CT molecular complexity index is 780. The van der Waals surface area contributed by atoms with Gasteiger partial charge in [-0.25, -0.2) is 4.98 Å². The van der Waals surface area contributed by atoms with Crippen LogP contribution < -0.4 is 10.6 Å². The molecule has 3 rings (SSSR count). The molecule has 2 aromatic heterocycles. The molecule has 0 bridgehead atoms. The number of carbonyl (C=O) groups excluding carboxylic acids is 2. The van der Waals surface area contributed by atoms with Crippen molar-refractivity contribution in [3.8, 4) is 0 Å². The average molecular weight is 361 g/mol. The van der Waals surface area contributed by atoms with E-state index in [9.17, 15) is 9.59 Å². The number of amides is 2. The van der Waals surface area contributed by atoms with Gasteiger partial charge < -0.3 is 10.6 Å². The molecule has 1 unspecified atom stereocenters. The van der Waals surface area contributed by atoms with Gasteiger partial charge in [0.2, 0.25) is 11.8 Å². The molecule has 25 heavy (non-hydrogen) atoms. The molecule has 1 atom stereocenters. The summed E-state index contributed by atoms with van der Waals surface area (Å²) in [5.41, 5.74) is 2.98. The highest BCUT2D eigenvalue weighted by Gasteiger charge is 2.25. The van der Waals surface area contributed by atoms with Gasteiger partial charge in [0.1, 0.15) is 0 Å². The molecule has 1 aliphatic rings. The lowest BCUT2D eigenvalue weighted by molar-refractivity contribution is -0.121. The van der Waals surface area contributed by atoms with Crippen LogP contribution in [-0.2, 0) is 29.5 Å². The fourth-order valence-corrected chi connectivity index (χ4v) is 3.67. The van der Waals surface area contributed by atoms with E-state index < -0.39 is 0 Å². The van der Waals surface area contributed by atoms with Crippen LogP contribution >= 0.6 is 11.3 Å². The Labute approximate surface area is 150 Å². The van der Waals surface area contributed by atoms with Gasteiger partial charge in [-0.15, -0.1) is 11.3 Å². The summed E-state index contributed by atoms with van der Waals surface area (Å²) in [5.74, 6) is -0.235. The second-order valence-corrected chi connectivity index (χ2v) is 7.51. The number of aryl methyl sites for hydroxylation is 1. The number of fused-ring (bicyclic) bond motifs is 1. The van der Waals surface area contributed by atoms with Crippen molar-refractivity contribution in [3.63, 3.8) is 0 Å². The topological polar surface area (TPSA) is 88.9 Å². The van der Waals surface area contributed by atoms with E-state index in [2.05, 4.69) is 20.7 Å². The van der Waals surface area contributed by atoms with Gasteiger partial charge in [-0.1, -0.05) is 13.8 Å². The zero-order valence-corrected chi connectivity index (χ0v) is 15.5. The first-order chi connectivity index (χ1) is 11.9. The highest BCUT2D eigenvalue weighted by atomic mass is 32.1. The molecule has 0 aromatic carbocycles. The van der Waals surface area contributed by atoms with Gasteiger partial charge in [0, 0.05) is 29.6 Å². The maximum atomic E-state index is 12.4. The van der Waals surface area contributed by atoms with E-state index in [-0.39, 0.29) is 30.2 Å².